The van der Waals surface area contributed by atoms with Gasteiger partial charge in [-0.15, -0.1) is 0 Å². The predicted molar refractivity (Wildman–Crippen MR) is 90.6 cm³/mol. The van der Waals surface area contributed by atoms with E-state index in [-0.39, 0.29) is 11.4 Å². The maximum absolute atomic E-state index is 11.4. The first kappa shape index (κ1) is 18.9. The minimum absolute atomic E-state index is 0.00945. The summed E-state index contributed by atoms with van der Waals surface area (Å²) < 4.78 is 5.00. The number of aryl methyl sites for hydroxylation is 1. The zero-order valence-corrected chi connectivity index (χ0v) is 13.9. The number of nitro groups is 1. The molecule has 0 radical (unpaired) electrons. The van der Waals surface area contributed by atoms with E-state index in [1.165, 1.54) is 50.0 Å². The van der Waals surface area contributed by atoms with Crippen molar-refractivity contribution < 1.29 is 14.5 Å². The molecule has 0 atom stereocenters. The lowest BCUT2D eigenvalue weighted by atomic mass is 10.0. The van der Waals surface area contributed by atoms with E-state index in [1.807, 2.05) is 0 Å². The molecule has 5 heteroatoms. The van der Waals surface area contributed by atoms with Crippen molar-refractivity contribution in [1.82, 2.24) is 0 Å². The summed E-state index contributed by atoms with van der Waals surface area (Å²) in [5.41, 5.74) is 0.740. The van der Waals surface area contributed by atoms with E-state index >= 15 is 0 Å². The van der Waals surface area contributed by atoms with Gasteiger partial charge >= 0.3 is 11.7 Å². The van der Waals surface area contributed by atoms with Crippen LogP contribution in [0.1, 0.15) is 57.9 Å². The van der Waals surface area contributed by atoms with E-state index in [4.69, 9.17) is 4.74 Å². The van der Waals surface area contributed by atoms with E-state index in [2.05, 4.69) is 6.92 Å². The molecule has 0 aromatic heterocycles. The maximum Gasteiger partial charge on any atom is 0.336 e. The second-order valence-electron chi connectivity index (χ2n) is 5.50. The van der Waals surface area contributed by atoms with Gasteiger partial charge in [0.25, 0.3) is 0 Å². The average molecular weight is 319 g/mol. The molecule has 1 rings (SSSR count). The summed E-state index contributed by atoms with van der Waals surface area (Å²) in [4.78, 5) is 22.1. The summed E-state index contributed by atoms with van der Waals surface area (Å²) in [5, 5.41) is 11.2. The zero-order chi connectivity index (χ0) is 17.1. The number of hydrogen-bond donors (Lipinski definition) is 0. The van der Waals surface area contributed by atoms with Crippen molar-refractivity contribution >= 4 is 11.7 Å². The van der Waals surface area contributed by atoms with E-state index in [0.29, 0.717) is 0 Å². The molecule has 0 aliphatic rings. The summed E-state index contributed by atoms with van der Waals surface area (Å²) in [6.07, 6.45) is 10.6. The van der Waals surface area contributed by atoms with Gasteiger partial charge in [-0.2, -0.15) is 0 Å². The van der Waals surface area contributed by atoms with Crippen LogP contribution in [-0.4, -0.2) is 10.9 Å². The van der Waals surface area contributed by atoms with E-state index in [0.717, 1.165) is 24.8 Å². The van der Waals surface area contributed by atoms with E-state index < -0.39 is 10.9 Å². The highest BCUT2D eigenvalue weighted by Crippen LogP contribution is 2.29. The lowest BCUT2D eigenvalue weighted by Crippen LogP contribution is -2.06. The van der Waals surface area contributed by atoms with Crippen molar-refractivity contribution in [3.8, 4) is 5.75 Å². The van der Waals surface area contributed by atoms with E-state index in [1.54, 1.807) is 13.0 Å². The third kappa shape index (κ3) is 7.08. The molecule has 5 nitrogen and oxygen atoms in total. The topological polar surface area (TPSA) is 69.4 Å². The Bertz CT molecular complexity index is 552. The van der Waals surface area contributed by atoms with Gasteiger partial charge in [-0.3, -0.25) is 10.1 Å². The van der Waals surface area contributed by atoms with Crippen LogP contribution in [0.3, 0.4) is 0 Å². The average Bonchev–Trinajstić information content (AvgIpc) is 2.52. The highest BCUT2D eigenvalue weighted by atomic mass is 16.6. The van der Waals surface area contributed by atoms with Crippen molar-refractivity contribution in [3.63, 3.8) is 0 Å². The van der Waals surface area contributed by atoms with Gasteiger partial charge in [-0.05, 0) is 31.4 Å². The fourth-order valence-electron chi connectivity index (χ4n) is 2.34. The Hall–Kier alpha value is -2.17. The molecule has 0 heterocycles. The first-order valence-corrected chi connectivity index (χ1v) is 8.20. The largest absolute Gasteiger partial charge is 0.416 e. The lowest BCUT2D eigenvalue weighted by molar-refractivity contribution is -0.385. The molecule has 0 fully saturated rings. The molecular formula is C18H25NO4. The molecule has 0 amide bonds. The van der Waals surface area contributed by atoms with Crippen molar-refractivity contribution in [2.24, 2.45) is 0 Å². The third-order valence-electron chi connectivity index (χ3n) is 3.55. The van der Waals surface area contributed by atoms with Crippen LogP contribution in [0, 0.1) is 10.1 Å². The van der Waals surface area contributed by atoms with Crippen LogP contribution in [0.15, 0.2) is 30.4 Å². The maximum atomic E-state index is 11.4. The van der Waals surface area contributed by atoms with Gasteiger partial charge in [0.1, 0.15) is 0 Å². The van der Waals surface area contributed by atoms with Gasteiger partial charge in [0.2, 0.25) is 5.75 Å². The van der Waals surface area contributed by atoms with Gasteiger partial charge in [0.05, 0.1) is 4.92 Å². The number of esters is 1. The first-order valence-electron chi connectivity index (χ1n) is 8.20. The molecule has 0 aliphatic heterocycles. The van der Waals surface area contributed by atoms with Crippen molar-refractivity contribution in [2.75, 3.05) is 0 Å². The molecule has 0 unspecified atom stereocenters. The molecule has 0 N–H and O–H groups in total. The molecule has 1 aromatic rings. The summed E-state index contributed by atoms with van der Waals surface area (Å²) >= 11 is 0. The Morgan fingerprint density at radius 3 is 2.57 bits per heavy atom. The molecule has 1 aromatic carbocycles. The fraction of sp³-hybridized carbons (Fsp3) is 0.500. The Kier molecular flexibility index (Phi) is 8.65. The van der Waals surface area contributed by atoms with Gasteiger partial charge < -0.3 is 4.74 Å². The number of carbonyl (C=O) groups is 1. The standard InChI is InChI=1S/C18H25NO4/c1-3-5-6-7-8-9-11-15-12-13-17(16(14-15)19(21)22)23-18(20)10-4-2/h4,10,12-14H,3,5-9,11H2,1-2H3/b10-4+. The molecule has 0 saturated heterocycles. The first-order chi connectivity index (χ1) is 11.1. The number of benzene rings is 1. The third-order valence-corrected chi connectivity index (χ3v) is 3.55. The van der Waals surface area contributed by atoms with Crippen molar-refractivity contribution in [3.05, 3.63) is 46.0 Å². The van der Waals surface area contributed by atoms with Crippen LogP contribution in [0.5, 0.6) is 5.75 Å². The number of unbranched alkanes of at least 4 members (excludes halogenated alkanes) is 5. The van der Waals surface area contributed by atoms with Crippen molar-refractivity contribution in [2.45, 2.75) is 58.8 Å². The smallest absolute Gasteiger partial charge is 0.336 e. The van der Waals surface area contributed by atoms with Crippen LogP contribution in [0.2, 0.25) is 0 Å². The minimum atomic E-state index is -0.612. The second kappa shape index (κ2) is 10.5. The minimum Gasteiger partial charge on any atom is -0.416 e. The molecule has 0 spiro atoms. The number of allylic oxidation sites excluding steroid dienone is 1. The Morgan fingerprint density at radius 1 is 1.22 bits per heavy atom. The van der Waals surface area contributed by atoms with E-state index in [9.17, 15) is 14.9 Å². The van der Waals surface area contributed by atoms with Gasteiger partial charge in [-0.1, -0.05) is 51.2 Å². The number of carbonyl (C=O) groups excluding carboxylic acids is 1. The number of nitro benzene ring substituents is 1. The second-order valence-corrected chi connectivity index (χ2v) is 5.50. The number of rotatable bonds is 10. The van der Waals surface area contributed by atoms with Gasteiger partial charge in [0, 0.05) is 12.1 Å². The predicted octanol–water partition coefficient (Wildman–Crippen LogP) is 4.98. The molecule has 0 aliphatic carbocycles. The van der Waals surface area contributed by atoms with Crippen LogP contribution in [0.25, 0.3) is 0 Å². The highest BCUT2D eigenvalue weighted by Gasteiger charge is 2.17. The Morgan fingerprint density at radius 2 is 1.91 bits per heavy atom. The number of nitrogens with zero attached hydrogens (tertiary/aromatic N) is 1. The summed E-state index contributed by atoms with van der Waals surface area (Å²) in [7, 11) is 0. The molecule has 0 bridgehead atoms. The van der Waals surface area contributed by atoms with Crippen LogP contribution >= 0.6 is 0 Å². The van der Waals surface area contributed by atoms with Crippen LogP contribution < -0.4 is 4.74 Å². The fourth-order valence-corrected chi connectivity index (χ4v) is 2.34. The number of hydrogen-bond acceptors (Lipinski definition) is 4. The summed E-state index contributed by atoms with van der Waals surface area (Å²) in [5.74, 6) is -0.621. The summed E-state index contributed by atoms with van der Waals surface area (Å²) in [6, 6.07) is 4.80. The zero-order valence-electron chi connectivity index (χ0n) is 13.9. The van der Waals surface area contributed by atoms with Crippen molar-refractivity contribution in [1.29, 1.82) is 0 Å². The normalized spacial score (nSPS) is 10.9. The summed E-state index contributed by atoms with van der Waals surface area (Å²) in [6.45, 7) is 3.86. The Labute approximate surface area is 137 Å². The van der Waals surface area contributed by atoms with Gasteiger partial charge in [-0.25, -0.2) is 4.79 Å². The Balaban J connectivity index is 2.64. The van der Waals surface area contributed by atoms with Crippen LogP contribution in [0.4, 0.5) is 5.69 Å². The lowest BCUT2D eigenvalue weighted by Gasteiger charge is -2.06. The van der Waals surface area contributed by atoms with Crippen LogP contribution in [-0.2, 0) is 11.2 Å². The molecule has 0 saturated carbocycles. The SMILES string of the molecule is C/C=C/C(=O)Oc1ccc(CCCCCCCC)cc1[N+](=O)[O-]. The molecular weight excluding hydrogens is 294 g/mol. The van der Waals surface area contributed by atoms with Gasteiger partial charge in [0.15, 0.2) is 0 Å². The quantitative estimate of drug-likeness (QED) is 0.152. The highest BCUT2D eigenvalue weighted by molar-refractivity contribution is 5.84. The monoisotopic (exact) mass is 319 g/mol. The molecule has 23 heavy (non-hydrogen) atoms. The number of ether oxygens (including phenoxy) is 1. The molecule has 126 valence electrons.